The van der Waals surface area contributed by atoms with Crippen LogP contribution in [-0.4, -0.2) is 59.5 Å². The maximum Gasteiger partial charge on any atom is 0.325 e. The highest BCUT2D eigenvalue weighted by Crippen LogP contribution is 2.11. The molecule has 8 N–H and O–H groups in total. The fourth-order valence-electron chi connectivity index (χ4n) is 2.65. The van der Waals surface area contributed by atoms with Crippen LogP contribution in [0.1, 0.15) is 60.3 Å². The molecule has 0 saturated heterocycles. The number of hydrogen-bond donors (Lipinski definition) is 6. The zero-order chi connectivity index (χ0) is 23.4. The quantitative estimate of drug-likeness (QED) is 0.205. The maximum absolute atomic E-state index is 12.9. The summed E-state index contributed by atoms with van der Waals surface area (Å²) in [6.07, 6.45) is 2.23. The van der Waals surface area contributed by atoms with E-state index >= 15 is 0 Å². The second-order valence-corrected chi connectivity index (χ2v) is 8.06. The van der Waals surface area contributed by atoms with Crippen LogP contribution in [0.2, 0.25) is 0 Å². The zero-order valence-electron chi connectivity index (χ0n) is 18.7. The Morgan fingerprint density at radius 1 is 0.900 bits per heavy atom. The van der Waals surface area contributed by atoms with Crippen molar-refractivity contribution >= 4 is 23.7 Å². The lowest BCUT2D eigenvalue weighted by Gasteiger charge is -2.28. The van der Waals surface area contributed by atoms with E-state index in [9.17, 15) is 19.2 Å². The van der Waals surface area contributed by atoms with Crippen LogP contribution in [0, 0.1) is 11.8 Å². The van der Waals surface area contributed by atoms with Gasteiger partial charge in [-0.3, -0.25) is 19.2 Å². The first kappa shape index (κ1) is 27.8. The summed E-state index contributed by atoms with van der Waals surface area (Å²) in [4.78, 5) is 48.9. The van der Waals surface area contributed by atoms with Gasteiger partial charge in [0.05, 0.1) is 6.04 Å². The first-order valence-electron chi connectivity index (χ1n) is 10.6. The van der Waals surface area contributed by atoms with Crippen LogP contribution in [0.3, 0.4) is 0 Å². The highest BCUT2D eigenvalue weighted by Gasteiger charge is 2.32. The Kier molecular flexibility index (Phi) is 12.9. The van der Waals surface area contributed by atoms with E-state index in [0.717, 1.165) is 0 Å². The topological polar surface area (TPSA) is 177 Å². The molecule has 5 atom stereocenters. The maximum atomic E-state index is 12.9. The van der Waals surface area contributed by atoms with Crippen molar-refractivity contribution in [1.82, 2.24) is 16.0 Å². The molecule has 0 aromatic rings. The fraction of sp³-hybridized carbons (Fsp3) is 0.800. The number of hydrogen-bond acceptors (Lipinski definition) is 6. The molecule has 174 valence electrons. The standard InChI is InChI=1S/C20H39N5O5/c1-6-12(4)16(19(28)23-13(5)20(29)30)25-17(26)14(9-7-8-10-21)24-18(27)15(22)11(2)3/h11-16H,6-10,21-22H2,1-5H3,(H,23,28)(H,24,27)(H,25,26)(H,29,30). The molecule has 10 heteroatoms. The molecule has 30 heavy (non-hydrogen) atoms. The summed E-state index contributed by atoms with van der Waals surface area (Å²) in [6, 6.07) is -3.66. The van der Waals surface area contributed by atoms with Gasteiger partial charge in [0.1, 0.15) is 18.1 Å². The molecule has 5 unspecified atom stereocenters. The SMILES string of the molecule is CCC(C)C(NC(=O)C(CCCCN)NC(=O)C(N)C(C)C)C(=O)NC(C)C(=O)O. The summed E-state index contributed by atoms with van der Waals surface area (Å²) in [5.41, 5.74) is 11.4. The van der Waals surface area contributed by atoms with Crippen molar-refractivity contribution in [2.75, 3.05) is 6.54 Å². The highest BCUT2D eigenvalue weighted by atomic mass is 16.4. The van der Waals surface area contributed by atoms with Gasteiger partial charge in [-0.2, -0.15) is 0 Å². The minimum Gasteiger partial charge on any atom is -0.480 e. The summed E-state index contributed by atoms with van der Waals surface area (Å²) in [6.45, 7) is 9.06. The normalized spacial score (nSPS) is 16.1. The predicted molar refractivity (Wildman–Crippen MR) is 114 cm³/mol. The summed E-state index contributed by atoms with van der Waals surface area (Å²) < 4.78 is 0. The van der Waals surface area contributed by atoms with Crippen LogP contribution >= 0.6 is 0 Å². The lowest BCUT2D eigenvalue weighted by molar-refractivity contribution is -0.142. The van der Waals surface area contributed by atoms with Crippen molar-refractivity contribution in [2.45, 2.75) is 84.5 Å². The van der Waals surface area contributed by atoms with E-state index in [0.29, 0.717) is 32.2 Å². The second kappa shape index (κ2) is 13.9. The number of unbranched alkanes of at least 4 members (excludes halogenated alkanes) is 1. The highest BCUT2D eigenvalue weighted by molar-refractivity contribution is 5.94. The summed E-state index contributed by atoms with van der Waals surface area (Å²) >= 11 is 0. The van der Waals surface area contributed by atoms with E-state index < -0.39 is 47.9 Å². The average molecular weight is 430 g/mol. The molecule has 0 aromatic carbocycles. The smallest absolute Gasteiger partial charge is 0.325 e. The molecule has 0 radical (unpaired) electrons. The van der Waals surface area contributed by atoms with Crippen molar-refractivity contribution in [2.24, 2.45) is 23.3 Å². The Hall–Kier alpha value is -2.20. The predicted octanol–water partition coefficient (Wildman–Crippen LogP) is -0.296. The molecule has 0 heterocycles. The Balaban J connectivity index is 5.40. The third-order valence-corrected chi connectivity index (χ3v) is 5.12. The molecule has 0 fully saturated rings. The number of aliphatic carboxylic acids is 1. The fourth-order valence-corrected chi connectivity index (χ4v) is 2.65. The Morgan fingerprint density at radius 3 is 1.97 bits per heavy atom. The minimum atomic E-state index is -1.17. The van der Waals surface area contributed by atoms with Crippen molar-refractivity contribution in [3.8, 4) is 0 Å². The molecule has 0 rings (SSSR count). The van der Waals surface area contributed by atoms with Crippen molar-refractivity contribution in [3.63, 3.8) is 0 Å². The molecule has 0 saturated carbocycles. The van der Waals surface area contributed by atoms with Gasteiger partial charge < -0.3 is 32.5 Å². The van der Waals surface area contributed by atoms with Gasteiger partial charge in [0.25, 0.3) is 0 Å². The summed E-state index contributed by atoms with van der Waals surface area (Å²) in [7, 11) is 0. The minimum absolute atomic E-state index is 0.103. The molecule has 0 aromatic heterocycles. The monoisotopic (exact) mass is 429 g/mol. The van der Waals surface area contributed by atoms with Crippen LogP contribution in [-0.2, 0) is 19.2 Å². The van der Waals surface area contributed by atoms with Crippen molar-refractivity contribution < 1.29 is 24.3 Å². The molecule has 3 amide bonds. The third-order valence-electron chi connectivity index (χ3n) is 5.12. The van der Waals surface area contributed by atoms with Crippen LogP contribution in [0.5, 0.6) is 0 Å². The van der Waals surface area contributed by atoms with Crippen LogP contribution in [0.15, 0.2) is 0 Å². The molecule has 0 aliphatic carbocycles. The van der Waals surface area contributed by atoms with Gasteiger partial charge in [0, 0.05) is 0 Å². The molecule has 0 spiro atoms. The van der Waals surface area contributed by atoms with Gasteiger partial charge in [-0.1, -0.05) is 34.1 Å². The van der Waals surface area contributed by atoms with E-state index in [-0.39, 0.29) is 11.8 Å². The Bertz CT molecular complexity index is 584. The van der Waals surface area contributed by atoms with E-state index in [1.165, 1.54) is 6.92 Å². The Morgan fingerprint density at radius 2 is 1.50 bits per heavy atom. The van der Waals surface area contributed by atoms with E-state index in [1.54, 1.807) is 20.8 Å². The van der Waals surface area contributed by atoms with Crippen LogP contribution in [0.4, 0.5) is 0 Å². The first-order chi connectivity index (χ1) is 14.0. The number of carboxylic acid groups (broad SMARTS) is 1. The number of rotatable bonds is 14. The number of carbonyl (C=O) groups excluding carboxylic acids is 3. The van der Waals surface area contributed by atoms with Gasteiger partial charge in [0.15, 0.2) is 0 Å². The van der Waals surface area contributed by atoms with Crippen molar-refractivity contribution in [1.29, 1.82) is 0 Å². The van der Waals surface area contributed by atoms with Crippen LogP contribution < -0.4 is 27.4 Å². The first-order valence-corrected chi connectivity index (χ1v) is 10.6. The van der Waals surface area contributed by atoms with E-state index in [4.69, 9.17) is 16.6 Å². The molecule has 0 bridgehead atoms. The van der Waals surface area contributed by atoms with Crippen molar-refractivity contribution in [3.05, 3.63) is 0 Å². The summed E-state index contributed by atoms with van der Waals surface area (Å²) in [5.74, 6) is -3.06. The number of nitrogens with two attached hydrogens (primary N) is 2. The average Bonchev–Trinajstić information content (AvgIpc) is 2.69. The zero-order valence-corrected chi connectivity index (χ0v) is 18.7. The lowest BCUT2D eigenvalue weighted by atomic mass is 9.97. The number of amides is 3. The number of carboxylic acids is 1. The molecule has 10 nitrogen and oxygen atoms in total. The third kappa shape index (κ3) is 9.53. The lowest BCUT2D eigenvalue weighted by Crippen LogP contribution is -2.58. The number of nitrogens with one attached hydrogen (secondary N) is 3. The largest absolute Gasteiger partial charge is 0.480 e. The molecular weight excluding hydrogens is 390 g/mol. The van der Waals surface area contributed by atoms with Crippen LogP contribution in [0.25, 0.3) is 0 Å². The molecule has 0 aliphatic heterocycles. The van der Waals surface area contributed by atoms with Gasteiger partial charge in [-0.25, -0.2) is 0 Å². The van der Waals surface area contributed by atoms with Gasteiger partial charge in [-0.15, -0.1) is 0 Å². The van der Waals surface area contributed by atoms with Gasteiger partial charge >= 0.3 is 5.97 Å². The van der Waals surface area contributed by atoms with E-state index in [1.807, 2.05) is 6.92 Å². The van der Waals surface area contributed by atoms with Gasteiger partial charge in [-0.05, 0) is 44.6 Å². The van der Waals surface area contributed by atoms with Gasteiger partial charge in [0.2, 0.25) is 17.7 Å². The Labute approximate surface area is 178 Å². The number of carbonyl (C=O) groups is 4. The molecular formula is C20H39N5O5. The summed E-state index contributed by atoms with van der Waals surface area (Å²) in [5, 5.41) is 16.8. The van der Waals surface area contributed by atoms with E-state index in [2.05, 4.69) is 16.0 Å². The second-order valence-electron chi connectivity index (χ2n) is 8.06. The molecule has 0 aliphatic rings.